The minimum Gasteiger partial charge on any atom is -0.475 e. The molecule has 1 saturated carbocycles. The highest BCUT2D eigenvalue weighted by Gasteiger charge is 2.33. The van der Waals surface area contributed by atoms with Gasteiger partial charge in [0.25, 0.3) is 15.9 Å². The molecule has 6 rings (SSSR count). The Morgan fingerprint density at radius 1 is 0.979 bits per heavy atom. The van der Waals surface area contributed by atoms with Gasteiger partial charge < -0.3 is 14.5 Å². The fourth-order valence-electron chi connectivity index (χ4n) is 6.19. The van der Waals surface area contributed by atoms with E-state index < -0.39 is 22.0 Å². The Balaban J connectivity index is 1.46. The van der Waals surface area contributed by atoms with E-state index in [2.05, 4.69) is 50.3 Å². The molecule has 0 radical (unpaired) electrons. The highest BCUT2D eigenvalue weighted by molar-refractivity contribution is 7.92. The van der Waals surface area contributed by atoms with Crippen LogP contribution in [0, 0.1) is 19.3 Å². The molecule has 1 amide bonds. The zero-order valence-corrected chi connectivity index (χ0v) is 29.1. The van der Waals surface area contributed by atoms with Gasteiger partial charge in [0.05, 0.1) is 36.4 Å². The number of benzene rings is 1. The van der Waals surface area contributed by atoms with Crippen LogP contribution in [0.4, 0.5) is 11.8 Å². The number of fused-ring (bicyclic) bond motifs is 4. The second-order valence-electron chi connectivity index (χ2n) is 13.9. The molecule has 4 bridgehead atoms. The summed E-state index contributed by atoms with van der Waals surface area (Å²) >= 11 is 0. The number of carbonyl (C=O) groups excluding carboxylic acids is 1. The summed E-state index contributed by atoms with van der Waals surface area (Å²) in [7, 11) is -2.26. The number of carbonyl (C=O) groups is 1. The zero-order chi connectivity index (χ0) is 34.2. The van der Waals surface area contributed by atoms with Crippen LogP contribution >= 0.6 is 0 Å². The second-order valence-corrected chi connectivity index (χ2v) is 15.5. The van der Waals surface area contributed by atoms with Gasteiger partial charge in [-0.15, -0.1) is 0 Å². The summed E-state index contributed by atoms with van der Waals surface area (Å²) in [6.45, 7) is 10.4. The Labute approximate surface area is 282 Å². The van der Waals surface area contributed by atoms with Crippen LogP contribution in [0.2, 0.25) is 0 Å². The van der Waals surface area contributed by atoms with E-state index in [1.165, 1.54) is 24.6 Å². The number of hydrogen-bond acceptors (Lipinski definition) is 10. The molecule has 1 N–H and O–H groups in total. The monoisotopic (exact) mass is 670 g/mol. The maximum atomic E-state index is 14.4. The van der Waals surface area contributed by atoms with E-state index in [4.69, 9.17) is 9.72 Å². The highest BCUT2D eigenvalue weighted by atomic mass is 32.2. The van der Waals surface area contributed by atoms with E-state index >= 15 is 0 Å². The standard InChI is InChI=1S/C35H42N8O4S/c1-22-10-7-11-23(2)32(22)28-16-30-40-34(39-28)41-48(45,46)31-15-9-14-27(38-31)33(44)43(26(21-47-30)17-35(3,4)5)20-24-18-36-19-29(37-24)42(6)25-12-8-13-25/h7,9-11,14-16,18-19,25-26H,8,12-13,17,20-21H2,1-6H3,(H,39,40,41)/t26-/m1/s1. The van der Waals surface area contributed by atoms with Gasteiger partial charge in [0, 0.05) is 24.7 Å². The predicted octanol–water partition coefficient (Wildman–Crippen LogP) is 5.57. The summed E-state index contributed by atoms with van der Waals surface area (Å²) in [5.74, 6) is 0.311. The second kappa shape index (κ2) is 13.1. The molecular formula is C35H42N8O4S. The molecule has 0 saturated heterocycles. The number of anilines is 2. The summed E-state index contributed by atoms with van der Waals surface area (Å²) in [6, 6.07) is 11.9. The van der Waals surface area contributed by atoms with Gasteiger partial charge in [-0.1, -0.05) is 45.0 Å². The lowest BCUT2D eigenvalue weighted by molar-refractivity contribution is 0.0503. The molecule has 4 heterocycles. The Bertz CT molecular complexity index is 1920. The van der Waals surface area contributed by atoms with E-state index in [1.54, 1.807) is 23.4 Å². The lowest BCUT2D eigenvalue weighted by Gasteiger charge is -2.36. The summed E-state index contributed by atoms with van der Waals surface area (Å²) in [6.07, 6.45) is 7.36. The molecule has 1 fully saturated rings. The van der Waals surface area contributed by atoms with Crippen LogP contribution < -0.4 is 14.4 Å². The number of aryl methyl sites for hydroxylation is 2. The van der Waals surface area contributed by atoms with E-state index in [0.29, 0.717) is 23.9 Å². The first-order chi connectivity index (χ1) is 22.8. The van der Waals surface area contributed by atoms with Gasteiger partial charge in [-0.25, -0.2) is 19.7 Å². The van der Waals surface area contributed by atoms with Crippen molar-refractivity contribution in [3.05, 3.63) is 77.4 Å². The first kappa shape index (κ1) is 33.3. The summed E-state index contributed by atoms with van der Waals surface area (Å²) in [5.41, 5.74) is 3.66. The number of hydrogen-bond donors (Lipinski definition) is 1. The molecule has 3 aromatic heterocycles. The fourth-order valence-corrected chi connectivity index (χ4v) is 7.10. The van der Waals surface area contributed by atoms with Gasteiger partial charge in [0.2, 0.25) is 11.8 Å². The van der Waals surface area contributed by atoms with Crippen molar-refractivity contribution in [3.8, 4) is 17.1 Å². The van der Waals surface area contributed by atoms with Gasteiger partial charge in [0.15, 0.2) is 5.03 Å². The lowest BCUT2D eigenvalue weighted by Crippen LogP contribution is -2.45. The highest BCUT2D eigenvalue weighted by Crippen LogP contribution is 2.32. The Hall–Kier alpha value is -4.65. The van der Waals surface area contributed by atoms with Crippen LogP contribution in [-0.4, -0.2) is 69.9 Å². The lowest BCUT2D eigenvalue weighted by atomic mass is 9.87. The molecule has 12 nitrogen and oxygen atoms in total. The number of ether oxygens (including phenoxy) is 1. The quantitative estimate of drug-likeness (QED) is 0.276. The van der Waals surface area contributed by atoms with Crippen molar-refractivity contribution < 1.29 is 17.9 Å². The van der Waals surface area contributed by atoms with Gasteiger partial charge in [-0.2, -0.15) is 13.4 Å². The van der Waals surface area contributed by atoms with E-state index in [9.17, 15) is 13.2 Å². The van der Waals surface area contributed by atoms with Crippen molar-refractivity contribution in [2.24, 2.45) is 5.41 Å². The van der Waals surface area contributed by atoms with Crippen LogP contribution in [0.25, 0.3) is 11.3 Å². The molecule has 252 valence electrons. The molecule has 2 aliphatic rings. The first-order valence-corrected chi connectivity index (χ1v) is 17.7. The molecule has 48 heavy (non-hydrogen) atoms. The predicted molar refractivity (Wildman–Crippen MR) is 183 cm³/mol. The summed E-state index contributed by atoms with van der Waals surface area (Å²) in [5, 5.41) is -0.327. The number of rotatable bonds is 6. The van der Waals surface area contributed by atoms with Crippen LogP contribution in [0.15, 0.2) is 59.9 Å². The maximum Gasteiger partial charge on any atom is 0.281 e. The molecule has 1 atom stereocenters. The number of amides is 1. The van der Waals surface area contributed by atoms with Crippen molar-refractivity contribution in [1.29, 1.82) is 0 Å². The molecule has 4 aromatic rings. The fraction of sp³-hybridized carbons (Fsp3) is 0.429. The molecular weight excluding hydrogens is 629 g/mol. The van der Waals surface area contributed by atoms with Gasteiger partial charge in [-0.3, -0.25) is 9.78 Å². The minimum absolute atomic E-state index is 0.0180. The van der Waals surface area contributed by atoms with Crippen molar-refractivity contribution in [2.75, 3.05) is 23.3 Å². The first-order valence-electron chi connectivity index (χ1n) is 16.2. The van der Waals surface area contributed by atoms with Crippen molar-refractivity contribution in [1.82, 2.24) is 29.8 Å². The Morgan fingerprint density at radius 3 is 2.40 bits per heavy atom. The largest absolute Gasteiger partial charge is 0.475 e. The van der Waals surface area contributed by atoms with Crippen molar-refractivity contribution in [3.63, 3.8) is 0 Å². The maximum absolute atomic E-state index is 14.4. The van der Waals surface area contributed by atoms with E-state index in [1.807, 2.05) is 39.1 Å². The molecule has 13 heteroatoms. The zero-order valence-electron chi connectivity index (χ0n) is 28.3. The number of nitrogens with one attached hydrogen (secondary N) is 1. The SMILES string of the molecule is Cc1cccc(C)c1-c1cc2nc(n1)NS(=O)(=O)c1cccc(n1)C(=O)N(Cc1cncc(N(C)C3CCC3)n1)[C@H](CC(C)(C)C)CO2. The van der Waals surface area contributed by atoms with Crippen LogP contribution in [0.5, 0.6) is 5.88 Å². The average Bonchev–Trinajstić information content (AvgIpc) is 3.00. The van der Waals surface area contributed by atoms with Crippen LogP contribution in [0.3, 0.4) is 0 Å². The number of pyridine rings is 1. The normalized spacial score (nSPS) is 18.0. The number of nitrogens with zero attached hydrogens (tertiary/aromatic N) is 7. The number of aromatic nitrogens is 5. The van der Waals surface area contributed by atoms with Crippen LogP contribution in [0.1, 0.15) is 73.8 Å². The van der Waals surface area contributed by atoms with E-state index in [0.717, 1.165) is 35.3 Å². The molecule has 1 aliphatic heterocycles. The van der Waals surface area contributed by atoms with Crippen LogP contribution in [-0.2, 0) is 16.6 Å². The van der Waals surface area contributed by atoms with Crippen molar-refractivity contribution in [2.45, 2.75) is 84.0 Å². The van der Waals surface area contributed by atoms with Gasteiger partial charge in [0.1, 0.15) is 18.1 Å². The third kappa shape index (κ3) is 7.25. The van der Waals surface area contributed by atoms with E-state index in [-0.39, 0.29) is 41.1 Å². The Kier molecular flexibility index (Phi) is 9.08. The topological polar surface area (TPSA) is 143 Å². The van der Waals surface area contributed by atoms with Crippen molar-refractivity contribution >= 4 is 27.7 Å². The number of sulfonamides is 1. The average molecular weight is 671 g/mol. The molecule has 1 aromatic carbocycles. The summed E-state index contributed by atoms with van der Waals surface area (Å²) < 4.78 is 36.1. The summed E-state index contributed by atoms with van der Waals surface area (Å²) in [4.78, 5) is 41.0. The third-order valence-electron chi connectivity index (χ3n) is 8.84. The minimum atomic E-state index is -4.28. The molecule has 1 aliphatic carbocycles. The van der Waals surface area contributed by atoms with Gasteiger partial charge in [-0.05, 0) is 68.2 Å². The van der Waals surface area contributed by atoms with Gasteiger partial charge >= 0.3 is 0 Å². The third-order valence-corrected chi connectivity index (χ3v) is 10.1. The Morgan fingerprint density at radius 2 is 1.71 bits per heavy atom. The molecule has 0 unspecified atom stereocenters. The smallest absolute Gasteiger partial charge is 0.281 e. The molecule has 0 spiro atoms.